The molecule has 3 rings (SSSR count). The van der Waals surface area contributed by atoms with E-state index in [-0.39, 0.29) is 0 Å². The number of piperidine rings is 1. The van der Waals surface area contributed by atoms with E-state index in [1.807, 2.05) is 60.7 Å². The smallest absolute Gasteiger partial charge is 0.314 e. The number of aliphatic hydroxyl groups excluding tert-OH is 1. The van der Waals surface area contributed by atoms with E-state index < -0.39 is 17.5 Å². The van der Waals surface area contributed by atoms with Crippen LogP contribution in [0.4, 0.5) is 0 Å². The van der Waals surface area contributed by atoms with Gasteiger partial charge in [0.25, 0.3) is 0 Å². The van der Waals surface area contributed by atoms with Crippen LogP contribution in [-0.4, -0.2) is 40.7 Å². The molecular weight excluding hydrogens is 314 g/mol. The number of aliphatic carboxylic acids is 1. The summed E-state index contributed by atoms with van der Waals surface area (Å²) in [5, 5.41) is 20.1. The van der Waals surface area contributed by atoms with Crippen molar-refractivity contribution in [2.24, 2.45) is 0 Å². The Balaban J connectivity index is 1.58. The van der Waals surface area contributed by atoms with Crippen molar-refractivity contribution in [1.82, 2.24) is 4.90 Å². The van der Waals surface area contributed by atoms with Crippen LogP contribution < -0.4 is 0 Å². The molecule has 0 aliphatic carbocycles. The monoisotopic (exact) mass is 339 g/mol. The fourth-order valence-corrected chi connectivity index (χ4v) is 3.69. The van der Waals surface area contributed by atoms with Crippen LogP contribution in [0.1, 0.15) is 36.5 Å². The molecule has 4 heteroatoms. The number of aliphatic hydroxyl groups is 1. The Bertz CT molecular complexity index is 679. The molecule has 0 spiro atoms. The minimum atomic E-state index is -0.782. The summed E-state index contributed by atoms with van der Waals surface area (Å²) in [5.41, 5.74) is 1.05. The molecule has 0 bridgehead atoms. The quantitative estimate of drug-likeness (QED) is 0.848. The van der Waals surface area contributed by atoms with Crippen molar-refractivity contribution in [3.63, 3.8) is 0 Å². The normalized spacial score (nSPS) is 18.6. The Morgan fingerprint density at radius 2 is 1.56 bits per heavy atom. The highest BCUT2D eigenvalue weighted by molar-refractivity contribution is 5.81. The summed E-state index contributed by atoms with van der Waals surface area (Å²) in [6.45, 7) is 2.26. The Hall–Kier alpha value is -2.17. The Morgan fingerprint density at radius 3 is 2.12 bits per heavy atom. The van der Waals surface area contributed by atoms with E-state index in [2.05, 4.69) is 4.90 Å². The third kappa shape index (κ3) is 3.91. The number of rotatable bonds is 6. The molecule has 0 saturated carbocycles. The summed E-state index contributed by atoms with van der Waals surface area (Å²) in [5.74, 6) is -0.734. The number of hydrogen-bond donors (Lipinski definition) is 2. The molecule has 1 unspecified atom stereocenters. The molecule has 132 valence electrons. The third-order valence-corrected chi connectivity index (χ3v) is 5.35. The molecule has 1 aliphatic heterocycles. The van der Waals surface area contributed by atoms with Gasteiger partial charge in [0, 0.05) is 6.54 Å². The highest BCUT2D eigenvalue weighted by atomic mass is 16.4. The molecule has 4 nitrogen and oxygen atoms in total. The van der Waals surface area contributed by atoms with Gasteiger partial charge in [-0.25, -0.2) is 0 Å². The lowest BCUT2D eigenvalue weighted by Gasteiger charge is -2.39. The molecule has 2 aromatic carbocycles. The number of carboxylic acid groups (broad SMARTS) is 1. The summed E-state index contributed by atoms with van der Waals surface area (Å²) >= 11 is 0. The van der Waals surface area contributed by atoms with E-state index in [4.69, 9.17) is 0 Å². The van der Waals surface area contributed by atoms with Crippen LogP contribution in [-0.2, 0) is 10.2 Å². The van der Waals surface area contributed by atoms with Gasteiger partial charge in [-0.05, 0) is 43.5 Å². The number of hydrogen-bond acceptors (Lipinski definition) is 3. The first-order valence-electron chi connectivity index (χ1n) is 8.86. The number of benzene rings is 2. The van der Waals surface area contributed by atoms with E-state index >= 15 is 0 Å². The second-order valence-corrected chi connectivity index (χ2v) is 6.81. The lowest BCUT2D eigenvalue weighted by Crippen LogP contribution is -2.47. The van der Waals surface area contributed by atoms with E-state index in [0.29, 0.717) is 19.3 Å². The van der Waals surface area contributed by atoms with Gasteiger partial charge < -0.3 is 15.1 Å². The predicted octanol–water partition coefficient (Wildman–Crippen LogP) is 3.23. The van der Waals surface area contributed by atoms with Gasteiger partial charge in [0.05, 0.1) is 11.5 Å². The van der Waals surface area contributed by atoms with E-state index in [9.17, 15) is 15.0 Å². The van der Waals surface area contributed by atoms with Gasteiger partial charge in [0.1, 0.15) is 0 Å². The molecule has 2 aromatic rings. The highest BCUT2D eigenvalue weighted by Crippen LogP contribution is 2.36. The van der Waals surface area contributed by atoms with E-state index in [1.54, 1.807) is 0 Å². The molecule has 1 atom stereocenters. The van der Waals surface area contributed by atoms with Crippen LogP contribution in [0.2, 0.25) is 0 Å². The first kappa shape index (κ1) is 17.6. The molecule has 0 amide bonds. The maximum absolute atomic E-state index is 12.0. The van der Waals surface area contributed by atoms with E-state index in [1.165, 1.54) is 0 Å². The molecule has 2 N–H and O–H groups in total. The average molecular weight is 339 g/mol. The largest absolute Gasteiger partial charge is 0.481 e. The molecule has 1 fully saturated rings. The molecule has 1 heterocycles. The van der Waals surface area contributed by atoms with Crippen molar-refractivity contribution in [2.75, 3.05) is 19.6 Å². The van der Waals surface area contributed by atoms with Crippen molar-refractivity contribution in [1.29, 1.82) is 0 Å². The summed E-state index contributed by atoms with van der Waals surface area (Å²) in [4.78, 5) is 14.2. The number of carbonyl (C=O) groups is 1. The molecule has 1 saturated heterocycles. The first-order valence-corrected chi connectivity index (χ1v) is 8.86. The summed E-state index contributed by atoms with van der Waals surface area (Å²) in [6.07, 6.45) is 1.40. The maximum Gasteiger partial charge on any atom is 0.314 e. The fourth-order valence-electron chi connectivity index (χ4n) is 3.69. The highest BCUT2D eigenvalue weighted by Gasteiger charge is 2.42. The number of carboxylic acids is 1. The second kappa shape index (κ2) is 7.81. The molecule has 0 radical (unpaired) electrons. The van der Waals surface area contributed by atoms with Gasteiger partial charge in [0.2, 0.25) is 0 Å². The topological polar surface area (TPSA) is 60.8 Å². The van der Waals surface area contributed by atoms with Gasteiger partial charge in [-0.1, -0.05) is 60.7 Å². The lowest BCUT2D eigenvalue weighted by molar-refractivity contribution is -0.146. The Kier molecular flexibility index (Phi) is 5.51. The SMILES string of the molecule is O=C(O)C1(c2ccccc2)CCN(CCC(O)c2ccccc2)CC1. The Morgan fingerprint density at radius 1 is 1.00 bits per heavy atom. The first-order chi connectivity index (χ1) is 12.1. The van der Waals surface area contributed by atoms with Crippen LogP contribution in [0.15, 0.2) is 60.7 Å². The van der Waals surface area contributed by atoms with Gasteiger partial charge >= 0.3 is 5.97 Å². The summed E-state index contributed by atoms with van der Waals surface area (Å²) < 4.78 is 0. The summed E-state index contributed by atoms with van der Waals surface area (Å²) in [6, 6.07) is 19.2. The zero-order valence-electron chi connectivity index (χ0n) is 14.3. The van der Waals surface area contributed by atoms with Crippen molar-refractivity contribution >= 4 is 5.97 Å². The molecule has 1 aliphatic rings. The molecular formula is C21H25NO3. The van der Waals surface area contributed by atoms with Crippen LogP contribution in [0, 0.1) is 0 Å². The molecule has 0 aromatic heterocycles. The van der Waals surface area contributed by atoms with Crippen LogP contribution >= 0.6 is 0 Å². The predicted molar refractivity (Wildman–Crippen MR) is 97.4 cm³/mol. The van der Waals surface area contributed by atoms with Crippen LogP contribution in [0.25, 0.3) is 0 Å². The van der Waals surface area contributed by atoms with Crippen molar-refractivity contribution in [3.05, 3.63) is 71.8 Å². The third-order valence-electron chi connectivity index (χ3n) is 5.35. The average Bonchev–Trinajstić information content (AvgIpc) is 2.67. The zero-order valence-corrected chi connectivity index (χ0v) is 14.3. The standard InChI is InChI=1S/C21H25NO3/c23-19(17-7-3-1-4-8-17)11-14-22-15-12-21(13-16-22,20(24)25)18-9-5-2-6-10-18/h1-10,19,23H,11-16H2,(H,24,25). The number of likely N-dealkylation sites (tertiary alicyclic amines) is 1. The van der Waals surface area contributed by atoms with Crippen molar-refractivity contribution in [3.8, 4) is 0 Å². The lowest BCUT2D eigenvalue weighted by atomic mass is 9.73. The number of nitrogens with zero attached hydrogens (tertiary/aromatic N) is 1. The second-order valence-electron chi connectivity index (χ2n) is 6.81. The zero-order chi connectivity index (χ0) is 17.7. The molecule has 25 heavy (non-hydrogen) atoms. The summed E-state index contributed by atoms with van der Waals surface area (Å²) in [7, 11) is 0. The van der Waals surface area contributed by atoms with Gasteiger partial charge in [-0.2, -0.15) is 0 Å². The van der Waals surface area contributed by atoms with Crippen LogP contribution in [0.5, 0.6) is 0 Å². The van der Waals surface area contributed by atoms with Gasteiger partial charge in [-0.15, -0.1) is 0 Å². The van der Waals surface area contributed by atoms with Crippen molar-refractivity contribution < 1.29 is 15.0 Å². The fraction of sp³-hybridized carbons (Fsp3) is 0.381. The Labute approximate surface area is 148 Å². The van der Waals surface area contributed by atoms with Crippen LogP contribution in [0.3, 0.4) is 0 Å². The minimum absolute atomic E-state index is 0.471. The van der Waals surface area contributed by atoms with Crippen molar-refractivity contribution in [2.45, 2.75) is 30.8 Å². The van der Waals surface area contributed by atoms with E-state index in [0.717, 1.165) is 30.8 Å². The van der Waals surface area contributed by atoms with Gasteiger partial charge in [0.15, 0.2) is 0 Å². The minimum Gasteiger partial charge on any atom is -0.481 e. The maximum atomic E-state index is 12.0. The van der Waals surface area contributed by atoms with Gasteiger partial charge in [-0.3, -0.25) is 4.79 Å².